The molecule has 0 aromatic rings. The van der Waals surface area contributed by atoms with Crippen molar-refractivity contribution < 1.29 is 26.3 Å². The Balaban J connectivity index is 1.48. The van der Waals surface area contributed by atoms with Crippen molar-refractivity contribution in [3.63, 3.8) is 0 Å². The molecule has 3 aliphatic carbocycles. The monoisotopic (exact) mass is 399 g/mol. The zero-order chi connectivity index (χ0) is 19.4. The van der Waals surface area contributed by atoms with Crippen LogP contribution < -0.4 is 0 Å². The predicted octanol–water partition coefficient (Wildman–Crippen LogP) is 4.34. The van der Waals surface area contributed by atoms with E-state index in [1.807, 2.05) is 14.7 Å². The van der Waals surface area contributed by atoms with E-state index in [1.165, 1.54) is 0 Å². The summed E-state index contributed by atoms with van der Waals surface area (Å²) in [5, 5.41) is 0. The molecule has 0 radical (unpaired) electrons. The minimum atomic E-state index is -2.70. The maximum Gasteiger partial charge on any atom is 0.249 e. The molecule has 4 rings (SSSR count). The number of alkyl halides is 6. The molecular formula is C18H27F6N3. The molecule has 9 heteroatoms. The highest BCUT2D eigenvalue weighted by Gasteiger charge is 2.49. The van der Waals surface area contributed by atoms with Crippen LogP contribution in [0.3, 0.4) is 0 Å². The van der Waals surface area contributed by atoms with Crippen molar-refractivity contribution in [1.82, 2.24) is 14.7 Å². The highest BCUT2D eigenvalue weighted by atomic mass is 19.3. The molecule has 0 aromatic carbocycles. The molecular weight excluding hydrogens is 372 g/mol. The molecule has 0 spiro atoms. The van der Waals surface area contributed by atoms with Gasteiger partial charge in [0.15, 0.2) is 0 Å². The van der Waals surface area contributed by atoms with Crippen LogP contribution in [0.25, 0.3) is 0 Å². The molecule has 4 fully saturated rings. The van der Waals surface area contributed by atoms with Gasteiger partial charge in [0.05, 0.1) is 20.0 Å². The summed E-state index contributed by atoms with van der Waals surface area (Å²) in [7, 11) is 0. The molecule has 0 amide bonds. The number of nitrogens with zero attached hydrogens (tertiary/aromatic N) is 3. The van der Waals surface area contributed by atoms with Crippen LogP contribution >= 0.6 is 0 Å². The average Bonchev–Trinajstić information content (AvgIpc) is 3.23. The Hall–Kier alpha value is -0.540. The third kappa shape index (κ3) is 4.40. The second-order valence-electron chi connectivity index (χ2n) is 8.95. The van der Waals surface area contributed by atoms with Crippen molar-refractivity contribution in [3.8, 4) is 0 Å². The van der Waals surface area contributed by atoms with Gasteiger partial charge in [0.25, 0.3) is 0 Å². The van der Waals surface area contributed by atoms with Crippen LogP contribution in [0.1, 0.15) is 57.8 Å². The van der Waals surface area contributed by atoms with Gasteiger partial charge >= 0.3 is 0 Å². The summed E-state index contributed by atoms with van der Waals surface area (Å²) in [6.45, 7) is 1.09. The molecule has 3 nitrogen and oxygen atoms in total. The quantitative estimate of drug-likeness (QED) is 0.654. The highest BCUT2D eigenvalue weighted by molar-refractivity contribution is 4.95. The van der Waals surface area contributed by atoms with E-state index in [9.17, 15) is 26.3 Å². The zero-order valence-corrected chi connectivity index (χ0v) is 15.3. The lowest BCUT2D eigenvalue weighted by Gasteiger charge is -2.48. The lowest BCUT2D eigenvalue weighted by molar-refractivity contribution is -0.0979. The van der Waals surface area contributed by atoms with Crippen molar-refractivity contribution in [2.75, 3.05) is 20.0 Å². The Morgan fingerprint density at radius 3 is 0.926 bits per heavy atom. The summed E-state index contributed by atoms with van der Waals surface area (Å²) in [5.74, 6) is -8.09. The molecule has 0 N–H and O–H groups in total. The van der Waals surface area contributed by atoms with Crippen LogP contribution in [0.2, 0.25) is 0 Å². The van der Waals surface area contributed by atoms with Gasteiger partial charge in [-0.15, -0.1) is 0 Å². The van der Waals surface area contributed by atoms with Gasteiger partial charge in [-0.25, -0.2) is 26.3 Å². The topological polar surface area (TPSA) is 9.72 Å². The first-order chi connectivity index (χ1) is 12.5. The maximum atomic E-state index is 13.7. The summed E-state index contributed by atoms with van der Waals surface area (Å²) >= 11 is 0. The molecule has 1 heterocycles. The fraction of sp³-hybridized carbons (Fsp3) is 1.00. The molecule has 27 heavy (non-hydrogen) atoms. The number of hydrogen-bond acceptors (Lipinski definition) is 3. The van der Waals surface area contributed by atoms with Crippen LogP contribution in [0.5, 0.6) is 0 Å². The van der Waals surface area contributed by atoms with Crippen LogP contribution in [0, 0.1) is 0 Å². The molecule has 156 valence electrons. The van der Waals surface area contributed by atoms with Crippen molar-refractivity contribution in [2.45, 2.75) is 93.7 Å². The van der Waals surface area contributed by atoms with E-state index in [0.717, 1.165) is 0 Å². The molecule has 0 bridgehead atoms. The number of hydrogen-bond donors (Lipinski definition) is 0. The van der Waals surface area contributed by atoms with Gasteiger partial charge in [-0.2, -0.15) is 0 Å². The Morgan fingerprint density at radius 2 is 0.741 bits per heavy atom. The fourth-order valence-electron chi connectivity index (χ4n) is 5.24. The third-order valence-electron chi connectivity index (χ3n) is 6.77. The average molecular weight is 399 g/mol. The first-order valence-electron chi connectivity index (χ1n) is 9.88. The van der Waals surface area contributed by atoms with E-state index in [2.05, 4.69) is 0 Å². The minimum absolute atomic E-state index is 0.169. The molecule has 1 saturated heterocycles. The van der Waals surface area contributed by atoms with E-state index in [-0.39, 0.29) is 56.7 Å². The summed E-state index contributed by atoms with van der Waals surface area (Å²) in [4.78, 5) is 5.70. The highest BCUT2D eigenvalue weighted by Crippen LogP contribution is 2.43. The van der Waals surface area contributed by atoms with Crippen molar-refractivity contribution >= 4 is 0 Å². The Kier molecular flexibility index (Phi) is 4.95. The van der Waals surface area contributed by atoms with Gasteiger partial charge in [-0.1, -0.05) is 0 Å². The van der Waals surface area contributed by atoms with Gasteiger partial charge in [-0.05, 0) is 19.3 Å². The zero-order valence-electron chi connectivity index (χ0n) is 15.3. The lowest BCUT2D eigenvalue weighted by atomic mass is 10.1. The Morgan fingerprint density at radius 1 is 0.481 bits per heavy atom. The summed E-state index contributed by atoms with van der Waals surface area (Å²) in [6.07, 6.45) is -0.155. The normalized spacial score (nSPS) is 40.0. The van der Waals surface area contributed by atoms with Crippen LogP contribution in [0.15, 0.2) is 0 Å². The molecule has 3 atom stereocenters. The van der Waals surface area contributed by atoms with Gasteiger partial charge in [0.1, 0.15) is 0 Å². The summed E-state index contributed by atoms with van der Waals surface area (Å²) in [6, 6.07) is -0.975. The second-order valence-corrected chi connectivity index (χ2v) is 8.95. The number of rotatable bonds is 3. The van der Waals surface area contributed by atoms with Gasteiger partial charge < -0.3 is 0 Å². The van der Waals surface area contributed by atoms with Crippen LogP contribution in [-0.2, 0) is 0 Å². The molecule has 0 aromatic heterocycles. The van der Waals surface area contributed by atoms with E-state index in [1.54, 1.807) is 0 Å². The van der Waals surface area contributed by atoms with Crippen molar-refractivity contribution in [1.29, 1.82) is 0 Å². The van der Waals surface area contributed by atoms with E-state index < -0.39 is 17.8 Å². The fourth-order valence-corrected chi connectivity index (χ4v) is 5.24. The Labute approximate surface area is 155 Å². The van der Waals surface area contributed by atoms with Crippen LogP contribution in [0.4, 0.5) is 26.3 Å². The predicted molar refractivity (Wildman–Crippen MR) is 87.9 cm³/mol. The van der Waals surface area contributed by atoms with Crippen molar-refractivity contribution in [2.24, 2.45) is 0 Å². The molecule has 4 aliphatic rings. The largest absolute Gasteiger partial charge is 0.274 e. The Bertz CT molecular complexity index is 475. The van der Waals surface area contributed by atoms with E-state index >= 15 is 0 Å². The summed E-state index contributed by atoms with van der Waals surface area (Å²) < 4.78 is 82.2. The standard InChI is InChI=1S/C18H27F6N3/c19-16(20)4-1-13(7-16)25-10-26(14-2-5-17(21,22)8-14)12-27(11-25)15-3-6-18(23,24)9-15/h13-15H,1-12H2. The lowest BCUT2D eigenvalue weighted by Crippen LogP contribution is -2.61. The molecule has 3 saturated carbocycles. The van der Waals surface area contributed by atoms with Gasteiger partial charge in [0.2, 0.25) is 17.8 Å². The molecule has 3 unspecified atom stereocenters. The number of halogens is 6. The minimum Gasteiger partial charge on any atom is -0.274 e. The summed E-state index contributed by atoms with van der Waals surface area (Å²) in [5.41, 5.74) is 0. The first kappa shape index (κ1) is 19.8. The van der Waals surface area contributed by atoms with Crippen molar-refractivity contribution in [3.05, 3.63) is 0 Å². The van der Waals surface area contributed by atoms with Crippen LogP contribution in [-0.4, -0.2) is 70.6 Å². The van der Waals surface area contributed by atoms with E-state index in [4.69, 9.17) is 0 Å². The smallest absolute Gasteiger partial charge is 0.249 e. The van der Waals surface area contributed by atoms with Gasteiger partial charge in [0, 0.05) is 56.7 Å². The first-order valence-corrected chi connectivity index (χ1v) is 9.88. The third-order valence-corrected chi connectivity index (χ3v) is 6.77. The van der Waals surface area contributed by atoms with Gasteiger partial charge in [-0.3, -0.25) is 14.7 Å². The van der Waals surface area contributed by atoms with E-state index in [0.29, 0.717) is 39.3 Å². The SMILES string of the molecule is FC1(F)CCC(N2CN(C3CCC(F)(F)C3)CN(C3CCC(F)(F)C3)C2)C1. The second kappa shape index (κ2) is 6.76. The molecule has 1 aliphatic heterocycles. The maximum absolute atomic E-state index is 13.7.